The zero-order valence-corrected chi connectivity index (χ0v) is 14.4. The molecule has 3 atom stereocenters. The maximum Gasteiger partial charge on any atom is 0.266 e. The van der Waals surface area contributed by atoms with E-state index in [4.69, 9.17) is 9.47 Å². The smallest absolute Gasteiger partial charge is 0.266 e. The van der Waals surface area contributed by atoms with E-state index in [1.54, 1.807) is 6.07 Å². The van der Waals surface area contributed by atoms with Gasteiger partial charge in [0.15, 0.2) is 23.2 Å². The Hall–Kier alpha value is -2.54. The third kappa shape index (κ3) is 3.39. The van der Waals surface area contributed by atoms with Gasteiger partial charge in [-0.1, -0.05) is 18.2 Å². The molecule has 4 rings (SSSR count). The van der Waals surface area contributed by atoms with Crippen molar-refractivity contribution >= 4 is 5.91 Å². The maximum atomic E-state index is 13.9. The second-order valence-corrected chi connectivity index (χ2v) is 6.71. The molecule has 2 aromatic rings. The van der Waals surface area contributed by atoms with Gasteiger partial charge in [-0.3, -0.25) is 4.79 Å². The lowest BCUT2D eigenvalue weighted by atomic mass is 9.89. The largest absolute Gasteiger partial charge is 0.475 e. The number of hydrogen-bond donors (Lipinski definition) is 0. The Morgan fingerprint density at radius 3 is 2.59 bits per heavy atom. The Labute approximate surface area is 154 Å². The minimum absolute atomic E-state index is 0.0554. The van der Waals surface area contributed by atoms with Gasteiger partial charge in [-0.15, -0.1) is 0 Å². The summed E-state index contributed by atoms with van der Waals surface area (Å²) >= 11 is 0. The molecule has 0 bridgehead atoms. The van der Waals surface area contributed by atoms with Crippen molar-refractivity contribution in [1.82, 2.24) is 4.90 Å². The molecule has 2 aromatic carbocycles. The predicted molar refractivity (Wildman–Crippen MR) is 90.6 cm³/mol. The van der Waals surface area contributed by atoms with Crippen LogP contribution in [-0.4, -0.2) is 36.2 Å². The normalized spacial score (nSPS) is 24.8. The average molecular weight is 377 g/mol. The molecule has 2 aliphatic heterocycles. The summed E-state index contributed by atoms with van der Waals surface area (Å²) in [6.07, 6.45) is 0.634. The first kappa shape index (κ1) is 17.9. The quantitative estimate of drug-likeness (QED) is 0.748. The predicted octanol–water partition coefficient (Wildman–Crippen LogP) is 3.61. The van der Waals surface area contributed by atoms with E-state index in [1.807, 2.05) is 0 Å². The number of nitrogens with zero attached hydrogens (tertiary/aromatic N) is 1. The highest BCUT2D eigenvalue weighted by molar-refractivity contribution is 5.89. The number of hydrogen-bond acceptors (Lipinski definition) is 3. The Morgan fingerprint density at radius 2 is 1.89 bits per heavy atom. The summed E-state index contributed by atoms with van der Waals surface area (Å²) in [6, 6.07) is 8.60. The SMILES string of the molecule is O=C1[C@H](Oc2ccccc2F)[C@@H](c2ccc(F)c(F)c2)N1C[C@@H]1CCCO1. The number of likely N-dealkylation sites (tertiary alicyclic amines) is 1. The first-order chi connectivity index (χ1) is 13.0. The summed E-state index contributed by atoms with van der Waals surface area (Å²) < 4.78 is 52.2. The lowest BCUT2D eigenvalue weighted by molar-refractivity contribution is -0.167. The molecule has 0 spiro atoms. The third-order valence-electron chi connectivity index (χ3n) is 4.95. The van der Waals surface area contributed by atoms with Crippen molar-refractivity contribution in [2.75, 3.05) is 13.2 Å². The van der Waals surface area contributed by atoms with Crippen LogP contribution in [0.2, 0.25) is 0 Å². The number of rotatable bonds is 5. The molecule has 2 aliphatic rings. The number of halogens is 3. The van der Waals surface area contributed by atoms with E-state index < -0.39 is 29.6 Å². The molecule has 0 aromatic heterocycles. The van der Waals surface area contributed by atoms with Crippen LogP contribution in [0.3, 0.4) is 0 Å². The van der Waals surface area contributed by atoms with Gasteiger partial charge in [0.05, 0.1) is 6.10 Å². The fourth-order valence-electron chi connectivity index (χ4n) is 3.57. The summed E-state index contributed by atoms with van der Waals surface area (Å²) in [5.74, 6) is -2.95. The van der Waals surface area contributed by atoms with Gasteiger partial charge in [0.25, 0.3) is 5.91 Å². The van der Waals surface area contributed by atoms with Crippen molar-refractivity contribution in [2.45, 2.75) is 31.1 Å². The molecule has 7 heteroatoms. The molecular formula is C20H18F3NO3. The maximum absolute atomic E-state index is 13.9. The van der Waals surface area contributed by atoms with E-state index in [9.17, 15) is 18.0 Å². The first-order valence-corrected chi connectivity index (χ1v) is 8.83. The molecule has 2 saturated heterocycles. The Kier molecular flexibility index (Phi) is 4.78. The highest BCUT2D eigenvalue weighted by atomic mass is 19.2. The molecule has 0 radical (unpaired) electrons. The summed E-state index contributed by atoms with van der Waals surface area (Å²) in [4.78, 5) is 14.2. The van der Waals surface area contributed by atoms with Crippen LogP contribution in [0.25, 0.3) is 0 Å². The van der Waals surface area contributed by atoms with Crippen molar-refractivity contribution in [3.63, 3.8) is 0 Å². The Bertz CT molecular complexity index is 854. The van der Waals surface area contributed by atoms with Gasteiger partial charge >= 0.3 is 0 Å². The highest BCUT2D eigenvalue weighted by Crippen LogP contribution is 2.39. The van der Waals surface area contributed by atoms with Gasteiger partial charge in [-0.2, -0.15) is 0 Å². The molecule has 0 unspecified atom stereocenters. The Morgan fingerprint density at radius 1 is 1.07 bits per heavy atom. The van der Waals surface area contributed by atoms with Crippen LogP contribution in [-0.2, 0) is 9.53 Å². The monoisotopic (exact) mass is 377 g/mol. The number of para-hydroxylation sites is 1. The van der Waals surface area contributed by atoms with Crippen LogP contribution >= 0.6 is 0 Å². The van der Waals surface area contributed by atoms with Gasteiger partial charge in [0.1, 0.15) is 6.04 Å². The van der Waals surface area contributed by atoms with Crippen molar-refractivity contribution in [3.8, 4) is 5.75 Å². The van der Waals surface area contributed by atoms with Crippen LogP contribution in [0.15, 0.2) is 42.5 Å². The number of carbonyl (C=O) groups excluding carboxylic acids is 1. The van der Waals surface area contributed by atoms with E-state index >= 15 is 0 Å². The number of β-lactam (4-membered cyclic amide) rings is 1. The lowest BCUT2D eigenvalue weighted by Gasteiger charge is -2.47. The summed E-state index contributed by atoms with van der Waals surface area (Å²) in [6.45, 7) is 0.970. The molecule has 0 saturated carbocycles. The van der Waals surface area contributed by atoms with Gasteiger partial charge in [0.2, 0.25) is 6.10 Å². The molecule has 142 valence electrons. The van der Waals surface area contributed by atoms with Crippen molar-refractivity contribution < 1.29 is 27.4 Å². The van der Waals surface area contributed by atoms with Crippen LogP contribution in [0.1, 0.15) is 24.4 Å². The van der Waals surface area contributed by atoms with E-state index in [-0.39, 0.29) is 17.8 Å². The summed E-state index contributed by atoms with van der Waals surface area (Å²) in [5.41, 5.74) is 0.396. The molecule has 27 heavy (non-hydrogen) atoms. The lowest BCUT2D eigenvalue weighted by Crippen LogP contribution is -2.62. The zero-order valence-electron chi connectivity index (χ0n) is 14.4. The van der Waals surface area contributed by atoms with Crippen molar-refractivity contribution in [3.05, 3.63) is 65.5 Å². The fraction of sp³-hybridized carbons (Fsp3) is 0.350. The van der Waals surface area contributed by atoms with E-state index in [2.05, 4.69) is 0 Å². The molecule has 1 amide bonds. The van der Waals surface area contributed by atoms with Crippen LogP contribution in [0.5, 0.6) is 5.75 Å². The highest BCUT2D eigenvalue weighted by Gasteiger charge is 2.51. The molecule has 2 heterocycles. The van der Waals surface area contributed by atoms with Crippen LogP contribution < -0.4 is 4.74 Å². The van der Waals surface area contributed by atoms with Gasteiger partial charge < -0.3 is 14.4 Å². The topological polar surface area (TPSA) is 38.8 Å². The van der Waals surface area contributed by atoms with Gasteiger partial charge in [-0.25, -0.2) is 13.2 Å². The third-order valence-corrected chi connectivity index (χ3v) is 4.95. The minimum atomic E-state index is -1.01. The number of ether oxygens (including phenoxy) is 2. The van der Waals surface area contributed by atoms with E-state index in [0.717, 1.165) is 25.0 Å². The standard InChI is InChI=1S/C20H18F3NO3/c21-14-8-7-12(10-16(14)23)18-19(27-17-6-2-1-5-15(17)22)20(25)24(18)11-13-4-3-9-26-13/h1-2,5-8,10,13,18-19H,3-4,9,11H2/t13-,18+,19+/m0/s1. The first-order valence-electron chi connectivity index (χ1n) is 8.83. The average Bonchev–Trinajstić information content (AvgIpc) is 3.17. The second kappa shape index (κ2) is 7.23. The molecule has 0 aliphatic carbocycles. The second-order valence-electron chi connectivity index (χ2n) is 6.71. The number of benzene rings is 2. The molecule has 2 fully saturated rings. The van der Waals surface area contributed by atoms with E-state index in [1.165, 1.54) is 29.2 Å². The zero-order chi connectivity index (χ0) is 19.0. The van der Waals surface area contributed by atoms with Crippen LogP contribution in [0.4, 0.5) is 13.2 Å². The summed E-state index contributed by atoms with van der Waals surface area (Å²) in [5, 5.41) is 0. The van der Waals surface area contributed by atoms with Crippen molar-refractivity contribution in [2.24, 2.45) is 0 Å². The molecule has 0 N–H and O–H groups in total. The minimum Gasteiger partial charge on any atom is -0.475 e. The van der Waals surface area contributed by atoms with E-state index in [0.29, 0.717) is 18.7 Å². The number of carbonyl (C=O) groups is 1. The molecule has 4 nitrogen and oxygen atoms in total. The molecular weight excluding hydrogens is 359 g/mol. The number of amides is 1. The Balaban J connectivity index is 1.61. The van der Waals surface area contributed by atoms with Gasteiger partial charge in [-0.05, 0) is 42.7 Å². The fourth-order valence-corrected chi connectivity index (χ4v) is 3.57. The van der Waals surface area contributed by atoms with Crippen LogP contribution in [0, 0.1) is 17.5 Å². The van der Waals surface area contributed by atoms with Crippen molar-refractivity contribution in [1.29, 1.82) is 0 Å². The summed E-state index contributed by atoms with van der Waals surface area (Å²) in [7, 11) is 0. The van der Waals surface area contributed by atoms with Gasteiger partial charge in [0, 0.05) is 13.2 Å².